The summed E-state index contributed by atoms with van der Waals surface area (Å²) in [6.45, 7) is 8.24. The third kappa shape index (κ3) is 6.23. The Balaban J connectivity index is 2.24. The van der Waals surface area contributed by atoms with Crippen LogP contribution in [-0.4, -0.2) is 35.9 Å². The van der Waals surface area contributed by atoms with Crippen LogP contribution >= 0.6 is 11.6 Å². The zero-order chi connectivity index (χ0) is 21.4. The molecule has 0 aromatic heterocycles. The number of amides is 2. The van der Waals surface area contributed by atoms with Crippen LogP contribution in [0.3, 0.4) is 0 Å². The van der Waals surface area contributed by atoms with Gasteiger partial charge in [0.15, 0.2) is 6.61 Å². The molecule has 0 aliphatic heterocycles. The van der Waals surface area contributed by atoms with Gasteiger partial charge in [0.25, 0.3) is 5.91 Å². The van der Waals surface area contributed by atoms with Crippen molar-refractivity contribution < 1.29 is 14.3 Å². The molecule has 2 rings (SSSR count). The minimum atomic E-state index is -0.596. The third-order valence-electron chi connectivity index (χ3n) is 4.73. The van der Waals surface area contributed by atoms with Gasteiger partial charge in [0.1, 0.15) is 11.8 Å². The van der Waals surface area contributed by atoms with Crippen molar-refractivity contribution in [1.82, 2.24) is 10.2 Å². The Morgan fingerprint density at radius 1 is 1.14 bits per heavy atom. The number of nitrogens with zero attached hydrogens (tertiary/aromatic N) is 1. The standard InChI is InChI=1S/C23H29ClN2O3/c1-5-20(23(28)25-6-2)26(14-18-9-7-8-10-19(18)24)22(27)15-29-21-13-16(3)11-12-17(21)4/h7-13,20H,5-6,14-15H2,1-4H3,(H,25,28)/t20-/m0/s1. The molecular weight excluding hydrogens is 388 g/mol. The second kappa shape index (κ2) is 10.9. The number of halogens is 1. The van der Waals surface area contributed by atoms with E-state index in [0.29, 0.717) is 23.7 Å². The number of likely N-dealkylation sites (N-methyl/N-ethyl adjacent to an activating group) is 1. The Morgan fingerprint density at radius 2 is 1.86 bits per heavy atom. The summed E-state index contributed by atoms with van der Waals surface area (Å²) in [5, 5.41) is 3.38. The lowest BCUT2D eigenvalue weighted by atomic mass is 10.1. The van der Waals surface area contributed by atoms with E-state index in [1.54, 1.807) is 11.0 Å². The quantitative estimate of drug-likeness (QED) is 0.663. The Morgan fingerprint density at radius 3 is 2.52 bits per heavy atom. The fourth-order valence-corrected chi connectivity index (χ4v) is 3.30. The monoisotopic (exact) mass is 416 g/mol. The maximum Gasteiger partial charge on any atom is 0.261 e. The molecule has 1 N–H and O–H groups in total. The van der Waals surface area contributed by atoms with Crippen molar-refractivity contribution >= 4 is 23.4 Å². The molecule has 0 aliphatic rings. The number of carbonyl (C=O) groups excluding carboxylic acids is 2. The zero-order valence-electron chi connectivity index (χ0n) is 17.5. The van der Waals surface area contributed by atoms with Gasteiger partial charge in [0, 0.05) is 18.1 Å². The van der Waals surface area contributed by atoms with E-state index >= 15 is 0 Å². The van der Waals surface area contributed by atoms with Crippen LogP contribution in [0.2, 0.25) is 5.02 Å². The van der Waals surface area contributed by atoms with Crippen molar-refractivity contribution in [2.45, 2.75) is 46.7 Å². The number of hydrogen-bond acceptors (Lipinski definition) is 3. The molecule has 0 saturated carbocycles. The predicted molar refractivity (Wildman–Crippen MR) is 116 cm³/mol. The highest BCUT2D eigenvalue weighted by Gasteiger charge is 2.29. The highest BCUT2D eigenvalue weighted by Crippen LogP contribution is 2.22. The molecule has 0 bridgehead atoms. The molecule has 0 unspecified atom stereocenters. The van der Waals surface area contributed by atoms with Crippen molar-refractivity contribution in [3.63, 3.8) is 0 Å². The Kier molecular flexibility index (Phi) is 8.52. The average Bonchev–Trinajstić information content (AvgIpc) is 2.70. The van der Waals surface area contributed by atoms with Crippen molar-refractivity contribution in [3.05, 3.63) is 64.2 Å². The van der Waals surface area contributed by atoms with Gasteiger partial charge in [-0.25, -0.2) is 0 Å². The fourth-order valence-electron chi connectivity index (χ4n) is 3.11. The summed E-state index contributed by atoms with van der Waals surface area (Å²) < 4.78 is 5.81. The van der Waals surface area contributed by atoms with Crippen LogP contribution in [0.15, 0.2) is 42.5 Å². The van der Waals surface area contributed by atoms with Crippen LogP contribution in [0.25, 0.3) is 0 Å². The van der Waals surface area contributed by atoms with E-state index in [-0.39, 0.29) is 25.0 Å². The van der Waals surface area contributed by atoms with Gasteiger partial charge >= 0.3 is 0 Å². The van der Waals surface area contributed by atoms with Crippen molar-refractivity contribution in [3.8, 4) is 5.75 Å². The van der Waals surface area contributed by atoms with E-state index in [2.05, 4.69) is 5.32 Å². The molecule has 0 saturated heterocycles. The minimum absolute atomic E-state index is 0.148. The van der Waals surface area contributed by atoms with E-state index in [1.165, 1.54) is 0 Å². The van der Waals surface area contributed by atoms with Crippen LogP contribution < -0.4 is 10.1 Å². The van der Waals surface area contributed by atoms with E-state index in [9.17, 15) is 9.59 Å². The largest absolute Gasteiger partial charge is 0.483 e. The molecule has 0 radical (unpaired) electrons. The second-order valence-electron chi connectivity index (χ2n) is 6.99. The summed E-state index contributed by atoms with van der Waals surface area (Å²) in [4.78, 5) is 27.3. The van der Waals surface area contributed by atoms with E-state index in [4.69, 9.17) is 16.3 Å². The molecule has 0 heterocycles. The predicted octanol–water partition coefficient (Wildman–Crippen LogP) is 4.28. The summed E-state index contributed by atoms with van der Waals surface area (Å²) in [5.74, 6) is 0.230. The van der Waals surface area contributed by atoms with Gasteiger partial charge in [0.2, 0.25) is 5.91 Å². The second-order valence-corrected chi connectivity index (χ2v) is 7.40. The number of carbonyl (C=O) groups is 2. The fraction of sp³-hybridized carbons (Fsp3) is 0.391. The van der Waals surface area contributed by atoms with Crippen molar-refractivity contribution in [1.29, 1.82) is 0 Å². The van der Waals surface area contributed by atoms with Crippen LogP contribution in [-0.2, 0) is 16.1 Å². The topological polar surface area (TPSA) is 58.6 Å². The lowest BCUT2D eigenvalue weighted by Crippen LogP contribution is -2.50. The van der Waals surface area contributed by atoms with E-state index in [0.717, 1.165) is 16.7 Å². The third-order valence-corrected chi connectivity index (χ3v) is 5.10. The van der Waals surface area contributed by atoms with Gasteiger partial charge in [-0.15, -0.1) is 0 Å². The smallest absolute Gasteiger partial charge is 0.261 e. The summed E-state index contributed by atoms with van der Waals surface area (Å²) in [5.41, 5.74) is 2.80. The first-order chi connectivity index (χ1) is 13.9. The lowest BCUT2D eigenvalue weighted by Gasteiger charge is -2.30. The molecule has 2 aromatic rings. The van der Waals surface area contributed by atoms with E-state index in [1.807, 2.05) is 64.1 Å². The van der Waals surface area contributed by atoms with Gasteiger partial charge in [0.05, 0.1) is 0 Å². The summed E-state index contributed by atoms with van der Waals surface area (Å²) in [6.07, 6.45) is 0.492. The molecular formula is C23H29ClN2O3. The highest BCUT2D eigenvalue weighted by molar-refractivity contribution is 6.31. The van der Waals surface area contributed by atoms with Crippen LogP contribution in [0.1, 0.15) is 37.0 Å². The number of rotatable bonds is 9. The number of nitrogens with one attached hydrogen (secondary N) is 1. The highest BCUT2D eigenvalue weighted by atomic mass is 35.5. The molecule has 156 valence electrons. The van der Waals surface area contributed by atoms with Crippen molar-refractivity contribution in [2.24, 2.45) is 0 Å². The molecule has 0 aliphatic carbocycles. The summed E-state index contributed by atoms with van der Waals surface area (Å²) >= 11 is 6.30. The normalized spacial score (nSPS) is 11.6. The molecule has 0 fully saturated rings. The first kappa shape index (κ1) is 22.8. The minimum Gasteiger partial charge on any atom is -0.483 e. The number of benzene rings is 2. The van der Waals surface area contributed by atoms with E-state index < -0.39 is 6.04 Å². The molecule has 2 amide bonds. The van der Waals surface area contributed by atoms with Crippen LogP contribution in [0.4, 0.5) is 0 Å². The Labute approximate surface area is 178 Å². The molecule has 29 heavy (non-hydrogen) atoms. The lowest BCUT2D eigenvalue weighted by molar-refractivity contribution is -0.142. The molecule has 0 spiro atoms. The maximum absolute atomic E-state index is 13.1. The SMILES string of the molecule is CCNC(=O)[C@H](CC)N(Cc1ccccc1Cl)C(=O)COc1cc(C)ccc1C. The zero-order valence-corrected chi connectivity index (χ0v) is 18.3. The first-order valence-electron chi connectivity index (χ1n) is 9.88. The van der Waals surface area contributed by atoms with Crippen LogP contribution in [0, 0.1) is 13.8 Å². The first-order valence-corrected chi connectivity index (χ1v) is 10.3. The number of hydrogen-bond donors (Lipinski definition) is 1. The Bertz CT molecular complexity index is 854. The van der Waals surface area contributed by atoms with Gasteiger partial charge in [-0.05, 0) is 56.0 Å². The molecule has 5 nitrogen and oxygen atoms in total. The van der Waals surface area contributed by atoms with Gasteiger partial charge in [-0.2, -0.15) is 0 Å². The van der Waals surface area contributed by atoms with Gasteiger partial charge < -0.3 is 15.0 Å². The van der Waals surface area contributed by atoms with Gasteiger partial charge in [-0.1, -0.05) is 48.9 Å². The molecule has 6 heteroatoms. The number of aryl methyl sites for hydroxylation is 2. The van der Waals surface area contributed by atoms with Crippen LogP contribution in [0.5, 0.6) is 5.75 Å². The number of ether oxygens (including phenoxy) is 1. The maximum atomic E-state index is 13.1. The average molecular weight is 417 g/mol. The summed E-state index contributed by atoms with van der Waals surface area (Å²) in [6, 6.07) is 12.6. The molecule has 1 atom stereocenters. The van der Waals surface area contributed by atoms with Gasteiger partial charge in [-0.3, -0.25) is 9.59 Å². The molecule has 2 aromatic carbocycles. The van der Waals surface area contributed by atoms with Crippen molar-refractivity contribution in [2.75, 3.05) is 13.2 Å². The summed E-state index contributed by atoms with van der Waals surface area (Å²) in [7, 11) is 0. The Hall–Kier alpha value is -2.53.